The molecular formula is C26H30F3N5O. The Bertz CT molecular complexity index is 1210. The number of pyridine rings is 1. The van der Waals surface area contributed by atoms with Crippen LogP contribution >= 0.6 is 0 Å². The van der Waals surface area contributed by atoms with E-state index in [9.17, 15) is 13.2 Å². The van der Waals surface area contributed by atoms with Crippen molar-refractivity contribution in [2.45, 2.75) is 45.8 Å². The summed E-state index contributed by atoms with van der Waals surface area (Å²) >= 11 is 0. The molecule has 0 bridgehead atoms. The van der Waals surface area contributed by atoms with Crippen molar-refractivity contribution in [3.05, 3.63) is 54.0 Å². The standard InChI is InChI=1S/C22H20F3N5.C4H10O/c1-21(2,13-26)20-9-8-15(12-29-20)28-10-4-5-16-11-17-18(27)6-3-7-19(17)30(16)14-22(23,24)25;1-3-5-4-2/h3,6-9,11-12,28H,10,14,27H2,1-2H3;3-4H2,1-2H3. The lowest BCUT2D eigenvalue weighted by atomic mass is 9.91. The van der Waals surface area contributed by atoms with Gasteiger partial charge in [0.2, 0.25) is 0 Å². The second-order valence-corrected chi connectivity index (χ2v) is 8.12. The first kappa shape index (κ1) is 27.6. The average molecular weight is 486 g/mol. The van der Waals surface area contributed by atoms with Gasteiger partial charge in [0.25, 0.3) is 0 Å². The Morgan fingerprint density at radius 1 is 1.14 bits per heavy atom. The van der Waals surface area contributed by atoms with Crippen LogP contribution in [0.25, 0.3) is 10.9 Å². The predicted molar refractivity (Wildman–Crippen MR) is 133 cm³/mol. The lowest BCUT2D eigenvalue weighted by Gasteiger charge is -2.14. The Kier molecular flexibility index (Phi) is 9.56. The van der Waals surface area contributed by atoms with Crippen molar-refractivity contribution in [3.63, 3.8) is 0 Å². The Balaban J connectivity index is 0.000000784. The van der Waals surface area contributed by atoms with Gasteiger partial charge in [-0.25, -0.2) is 0 Å². The number of rotatable bonds is 6. The van der Waals surface area contributed by atoms with Gasteiger partial charge in [-0.15, -0.1) is 0 Å². The molecule has 3 rings (SSSR count). The SMILES string of the molecule is CC(C)(C#N)c1ccc(NCC#Cc2cc3c(N)cccc3n2CC(F)(F)F)cn1.CCOCC. The number of fused-ring (bicyclic) bond motifs is 1. The summed E-state index contributed by atoms with van der Waals surface area (Å²) in [6, 6.07) is 12.2. The van der Waals surface area contributed by atoms with E-state index in [1.165, 1.54) is 0 Å². The van der Waals surface area contributed by atoms with E-state index >= 15 is 0 Å². The van der Waals surface area contributed by atoms with Gasteiger partial charge >= 0.3 is 6.18 Å². The number of nitrogens with zero attached hydrogens (tertiary/aromatic N) is 3. The summed E-state index contributed by atoms with van der Waals surface area (Å²) in [4.78, 5) is 4.27. The van der Waals surface area contributed by atoms with Gasteiger partial charge in [0.15, 0.2) is 0 Å². The second-order valence-electron chi connectivity index (χ2n) is 8.12. The zero-order valence-corrected chi connectivity index (χ0v) is 20.3. The molecule has 1 aromatic carbocycles. The van der Waals surface area contributed by atoms with Gasteiger partial charge in [-0.05, 0) is 63.9 Å². The molecule has 0 saturated carbocycles. The van der Waals surface area contributed by atoms with Gasteiger partial charge in [0.1, 0.15) is 6.54 Å². The van der Waals surface area contributed by atoms with Crippen molar-refractivity contribution >= 4 is 22.3 Å². The number of nitrogens with two attached hydrogens (primary N) is 1. The smallest absolute Gasteiger partial charge is 0.398 e. The summed E-state index contributed by atoms with van der Waals surface area (Å²) in [5.74, 6) is 5.64. The maximum Gasteiger partial charge on any atom is 0.406 e. The van der Waals surface area contributed by atoms with Crippen molar-refractivity contribution in [2.75, 3.05) is 30.8 Å². The lowest BCUT2D eigenvalue weighted by Crippen LogP contribution is -2.18. The van der Waals surface area contributed by atoms with Gasteiger partial charge in [0.05, 0.1) is 46.8 Å². The quantitative estimate of drug-likeness (QED) is 0.356. The maximum absolute atomic E-state index is 13.0. The fourth-order valence-electron chi connectivity index (χ4n) is 3.17. The number of halogens is 3. The molecule has 35 heavy (non-hydrogen) atoms. The number of anilines is 2. The van der Waals surface area contributed by atoms with E-state index in [1.807, 2.05) is 13.8 Å². The van der Waals surface area contributed by atoms with Crippen LogP contribution in [0.5, 0.6) is 0 Å². The van der Waals surface area contributed by atoms with Crippen molar-refractivity contribution in [3.8, 4) is 17.9 Å². The van der Waals surface area contributed by atoms with Crippen LogP contribution in [0.2, 0.25) is 0 Å². The third kappa shape index (κ3) is 7.94. The van der Waals surface area contributed by atoms with Crippen LogP contribution in [0.15, 0.2) is 42.6 Å². The first-order chi connectivity index (χ1) is 16.5. The van der Waals surface area contributed by atoms with Gasteiger partial charge < -0.3 is 20.4 Å². The number of benzene rings is 1. The normalized spacial score (nSPS) is 11.1. The van der Waals surface area contributed by atoms with E-state index < -0.39 is 18.1 Å². The molecule has 0 amide bonds. The minimum atomic E-state index is -4.38. The largest absolute Gasteiger partial charge is 0.406 e. The number of hydrogen-bond acceptors (Lipinski definition) is 5. The highest BCUT2D eigenvalue weighted by Gasteiger charge is 2.29. The Labute approximate surface area is 203 Å². The summed E-state index contributed by atoms with van der Waals surface area (Å²) in [6.07, 6.45) is -2.78. The van der Waals surface area contributed by atoms with Gasteiger partial charge in [-0.1, -0.05) is 12.0 Å². The monoisotopic (exact) mass is 485 g/mol. The molecule has 2 heterocycles. The minimum Gasteiger partial charge on any atom is -0.398 e. The zero-order chi connectivity index (χ0) is 26.1. The molecule has 2 aromatic heterocycles. The first-order valence-corrected chi connectivity index (χ1v) is 11.1. The fraction of sp³-hybridized carbons (Fsp3) is 0.385. The lowest BCUT2D eigenvalue weighted by molar-refractivity contribution is -0.140. The van der Waals surface area contributed by atoms with E-state index in [2.05, 4.69) is 28.2 Å². The molecule has 0 aliphatic heterocycles. The van der Waals surface area contributed by atoms with E-state index in [4.69, 9.17) is 15.7 Å². The molecule has 186 valence electrons. The van der Waals surface area contributed by atoms with Crippen molar-refractivity contribution in [1.29, 1.82) is 5.26 Å². The van der Waals surface area contributed by atoms with Crippen LogP contribution in [-0.2, 0) is 16.7 Å². The van der Waals surface area contributed by atoms with Crippen LogP contribution in [0, 0.1) is 23.2 Å². The molecule has 3 aromatic rings. The summed E-state index contributed by atoms with van der Waals surface area (Å²) in [6.45, 7) is 8.30. The number of ether oxygens (including phenoxy) is 1. The Morgan fingerprint density at radius 2 is 1.86 bits per heavy atom. The van der Waals surface area contributed by atoms with Crippen LogP contribution < -0.4 is 11.1 Å². The number of hydrogen-bond donors (Lipinski definition) is 2. The molecule has 0 fully saturated rings. The molecule has 9 heteroatoms. The van der Waals surface area contributed by atoms with E-state index in [-0.39, 0.29) is 12.2 Å². The summed E-state index contributed by atoms with van der Waals surface area (Å²) in [5, 5.41) is 12.7. The van der Waals surface area contributed by atoms with Crippen LogP contribution in [-0.4, -0.2) is 35.5 Å². The van der Waals surface area contributed by atoms with Gasteiger partial charge in [0, 0.05) is 24.3 Å². The summed E-state index contributed by atoms with van der Waals surface area (Å²) in [5.41, 5.74) is 7.60. The summed E-state index contributed by atoms with van der Waals surface area (Å²) in [7, 11) is 0. The number of alkyl halides is 3. The molecule has 3 N–H and O–H groups in total. The van der Waals surface area contributed by atoms with Gasteiger partial charge in [-0.2, -0.15) is 18.4 Å². The number of aromatic nitrogens is 2. The highest BCUT2D eigenvalue weighted by Crippen LogP contribution is 2.28. The highest BCUT2D eigenvalue weighted by atomic mass is 19.4. The molecular weight excluding hydrogens is 455 g/mol. The average Bonchev–Trinajstić information content (AvgIpc) is 3.15. The van der Waals surface area contributed by atoms with Crippen molar-refractivity contribution in [1.82, 2.24) is 9.55 Å². The van der Waals surface area contributed by atoms with Gasteiger partial charge in [-0.3, -0.25) is 4.98 Å². The first-order valence-electron chi connectivity index (χ1n) is 11.1. The topological polar surface area (TPSA) is 88.9 Å². The van der Waals surface area contributed by atoms with Crippen molar-refractivity contribution in [2.24, 2.45) is 0 Å². The fourth-order valence-corrected chi connectivity index (χ4v) is 3.17. The second kappa shape index (κ2) is 12.1. The Hall–Kier alpha value is -3.69. The molecule has 0 radical (unpaired) electrons. The van der Waals surface area contributed by atoms with Crippen molar-refractivity contribution < 1.29 is 17.9 Å². The number of nitriles is 1. The number of nitrogen functional groups attached to an aromatic ring is 1. The molecule has 0 atom stereocenters. The van der Waals surface area contributed by atoms with E-state index in [1.54, 1.807) is 56.4 Å². The van der Waals surface area contributed by atoms with E-state index in [0.717, 1.165) is 17.8 Å². The number of nitrogens with one attached hydrogen (secondary N) is 1. The molecule has 0 aliphatic carbocycles. The maximum atomic E-state index is 13.0. The zero-order valence-electron chi connectivity index (χ0n) is 20.3. The predicted octanol–water partition coefficient (Wildman–Crippen LogP) is 5.49. The third-order valence-electron chi connectivity index (χ3n) is 5.01. The molecule has 0 spiro atoms. The highest BCUT2D eigenvalue weighted by molar-refractivity contribution is 5.92. The van der Waals surface area contributed by atoms with Crippen LogP contribution in [0.1, 0.15) is 39.1 Å². The molecule has 0 saturated heterocycles. The molecule has 0 unspecified atom stereocenters. The Morgan fingerprint density at radius 3 is 2.40 bits per heavy atom. The van der Waals surface area contributed by atoms with Crippen LogP contribution in [0.3, 0.4) is 0 Å². The van der Waals surface area contributed by atoms with Crippen LogP contribution in [0.4, 0.5) is 24.5 Å². The minimum absolute atomic E-state index is 0.214. The molecule has 6 nitrogen and oxygen atoms in total. The molecule has 0 aliphatic rings. The van der Waals surface area contributed by atoms with E-state index in [0.29, 0.717) is 28.0 Å². The third-order valence-corrected chi connectivity index (χ3v) is 5.01. The summed E-state index contributed by atoms with van der Waals surface area (Å²) < 4.78 is 45.1.